The maximum atomic E-state index is 2.38. The Kier molecular flexibility index (Phi) is 2.49. The molecule has 0 radical (unpaired) electrons. The molecule has 2 aromatic carbocycles. The molecular weight excluding hydrogens is 250 g/mol. The lowest BCUT2D eigenvalue weighted by molar-refractivity contribution is 1.05. The third kappa shape index (κ3) is 1.80. The van der Waals surface area contributed by atoms with Crippen molar-refractivity contribution in [1.29, 1.82) is 0 Å². The van der Waals surface area contributed by atoms with E-state index in [1.54, 1.807) is 0 Å². The van der Waals surface area contributed by atoms with Crippen LogP contribution in [0, 0.1) is 0 Å². The predicted molar refractivity (Wildman–Crippen MR) is 83.3 cm³/mol. The highest BCUT2D eigenvalue weighted by Crippen LogP contribution is 2.39. The van der Waals surface area contributed by atoms with Crippen molar-refractivity contribution < 1.29 is 0 Å². The summed E-state index contributed by atoms with van der Waals surface area (Å²) >= 11 is 1.92. The molecule has 0 amide bonds. The van der Waals surface area contributed by atoms with E-state index in [2.05, 4.69) is 71.3 Å². The number of hydrogen-bond donors (Lipinski definition) is 0. The fourth-order valence-corrected chi connectivity index (χ4v) is 3.66. The van der Waals surface area contributed by atoms with Gasteiger partial charge in [-0.15, -0.1) is 11.8 Å². The minimum absolute atomic E-state index is 1.05. The van der Waals surface area contributed by atoms with Crippen LogP contribution in [0.1, 0.15) is 5.56 Å². The maximum absolute atomic E-state index is 2.38. The van der Waals surface area contributed by atoms with Gasteiger partial charge >= 0.3 is 0 Å². The number of fused-ring (bicyclic) bond motifs is 3. The van der Waals surface area contributed by atoms with E-state index in [-0.39, 0.29) is 0 Å². The van der Waals surface area contributed by atoms with E-state index in [9.17, 15) is 0 Å². The van der Waals surface area contributed by atoms with Crippen molar-refractivity contribution in [2.45, 2.75) is 5.03 Å². The second kappa shape index (κ2) is 4.32. The van der Waals surface area contributed by atoms with Crippen LogP contribution in [0.2, 0.25) is 0 Å². The molecule has 1 aliphatic rings. The van der Waals surface area contributed by atoms with Crippen molar-refractivity contribution >= 4 is 34.4 Å². The molecular formula is C17H13NS. The van der Waals surface area contributed by atoms with Crippen molar-refractivity contribution in [3.8, 4) is 0 Å². The summed E-state index contributed by atoms with van der Waals surface area (Å²) < 4.78 is 2.38. The number of nitrogens with zero attached hydrogens (tertiary/aromatic N) is 1. The lowest BCUT2D eigenvalue weighted by Gasteiger charge is -2.04. The van der Waals surface area contributed by atoms with E-state index >= 15 is 0 Å². The minimum Gasteiger partial charge on any atom is -0.307 e. The highest BCUT2D eigenvalue weighted by molar-refractivity contribution is 8.00. The quantitative estimate of drug-likeness (QED) is 0.613. The molecule has 1 aromatic heterocycles. The molecule has 19 heavy (non-hydrogen) atoms. The molecule has 0 bridgehead atoms. The molecule has 92 valence electrons. The normalized spacial score (nSPS) is 16.1. The molecule has 0 atom stereocenters. The largest absolute Gasteiger partial charge is 0.307 e. The molecule has 0 saturated heterocycles. The van der Waals surface area contributed by atoms with Gasteiger partial charge in [0.25, 0.3) is 0 Å². The molecule has 0 spiro atoms. The van der Waals surface area contributed by atoms with Gasteiger partial charge < -0.3 is 4.57 Å². The van der Waals surface area contributed by atoms with Crippen LogP contribution in [0.3, 0.4) is 0 Å². The molecule has 3 aromatic rings. The van der Waals surface area contributed by atoms with E-state index in [0.29, 0.717) is 0 Å². The van der Waals surface area contributed by atoms with Gasteiger partial charge in [-0.25, -0.2) is 0 Å². The summed E-state index contributed by atoms with van der Waals surface area (Å²) in [5.41, 5.74) is 3.95. The fourth-order valence-electron chi connectivity index (χ4n) is 2.59. The van der Waals surface area contributed by atoms with Gasteiger partial charge in [0.15, 0.2) is 0 Å². The second-order valence-electron chi connectivity index (χ2n) is 4.71. The van der Waals surface area contributed by atoms with Crippen molar-refractivity contribution in [2.75, 3.05) is 5.75 Å². The predicted octanol–water partition coefficient (Wildman–Crippen LogP) is 4.75. The van der Waals surface area contributed by atoms with Crippen LogP contribution in [0.5, 0.6) is 0 Å². The van der Waals surface area contributed by atoms with Gasteiger partial charge in [0.1, 0.15) is 0 Å². The number of rotatable bonds is 1. The maximum Gasteiger partial charge on any atom is 0.0806 e. The summed E-state index contributed by atoms with van der Waals surface area (Å²) in [6.45, 7) is 0. The van der Waals surface area contributed by atoms with Crippen LogP contribution >= 0.6 is 11.8 Å². The van der Waals surface area contributed by atoms with E-state index in [1.807, 2.05) is 11.8 Å². The van der Waals surface area contributed by atoms with Crippen LogP contribution in [-0.2, 0) is 0 Å². The van der Waals surface area contributed by atoms with Gasteiger partial charge in [0, 0.05) is 16.8 Å². The Hall–Kier alpha value is -1.93. The van der Waals surface area contributed by atoms with Crippen LogP contribution in [0.4, 0.5) is 0 Å². The first-order valence-electron chi connectivity index (χ1n) is 6.41. The van der Waals surface area contributed by atoms with Gasteiger partial charge in [0.2, 0.25) is 0 Å². The summed E-state index contributed by atoms with van der Waals surface area (Å²) in [6, 6.07) is 21.4. The Bertz CT molecular complexity index is 768. The van der Waals surface area contributed by atoms with Gasteiger partial charge in [0.05, 0.1) is 10.5 Å². The molecule has 4 rings (SSSR count). The van der Waals surface area contributed by atoms with Gasteiger partial charge in [-0.1, -0.05) is 48.5 Å². The van der Waals surface area contributed by atoms with Gasteiger partial charge in [-0.3, -0.25) is 0 Å². The summed E-state index contributed by atoms with van der Waals surface area (Å²) in [5.74, 6) is 1.05. The zero-order valence-corrected chi connectivity index (χ0v) is 11.2. The molecule has 1 nitrogen and oxygen atoms in total. The molecule has 0 fully saturated rings. The zero-order chi connectivity index (χ0) is 12.7. The smallest absolute Gasteiger partial charge is 0.0806 e. The number of benzene rings is 2. The van der Waals surface area contributed by atoms with Crippen LogP contribution in [0.25, 0.3) is 22.7 Å². The van der Waals surface area contributed by atoms with E-state index in [4.69, 9.17) is 0 Å². The van der Waals surface area contributed by atoms with E-state index in [0.717, 1.165) is 5.75 Å². The standard InChI is InChI=1S/C17H13NS/c1-2-6-13(7-3-1)10-15-12-19-17-11-14-8-4-5-9-16(14)18(15)17/h1-11H,12H2. The average Bonchev–Trinajstić information content (AvgIpc) is 3.00. The Morgan fingerprint density at radius 2 is 1.74 bits per heavy atom. The third-order valence-electron chi connectivity index (χ3n) is 3.47. The molecule has 0 N–H and O–H groups in total. The van der Waals surface area contributed by atoms with Crippen molar-refractivity contribution in [2.24, 2.45) is 0 Å². The molecule has 2 heteroatoms. The van der Waals surface area contributed by atoms with Gasteiger partial charge in [-0.05, 0) is 23.8 Å². The van der Waals surface area contributed by atoms with Crippen LogP contribution < -0.4 is 0 Å². The fraction of sp³-hybridized carbons (Fsp3) is 0.0588. The van der Waals surface area contributed by atoms with Crippen molar-refractivity contribution in [3.63, 3.8) is 0 Å². The number of aromatic nitrogens is 1. The Morgan fingerprint density at radius 1 is 0.947 bits per heavy atom. The SMILES string of the molecule is C(=C1CSc2cc3ccccc3n21)c1ccccc1. The number of para-hydroxylation sites is 1. The molecule has 1 aliphatic heterocycles. The second-order valence-corrected chi connectivity index (χ2v) is 5.71. The topological polar surface area (TPSA) is 4.93 Å². The Morgan fingerprint density at radius 3 is 2.63 bits per heavy atom. The summed E-state index contributed by atoms with van der Waals surface area (Å²) in [7, 11) is 0. The third-order valence-corrected chi connectivity index (χ3v) is 4.50. The van der Waals surface area contributed by atoms with E-state index < -0.39 is 0 Å². The Balaban J connectivity index is 1.90. The number of hydrogen-bond acceptors (Lipinski definition) is 1. The molecule has 2 heterocycles. The summed E-state index contributed by atoms with van der Waals surface area (Å²) in [5, 5.41) is 2.67. The first-order chi connectivity index (χ1) is 9.42. The first-order valence-corrected chi connectivity index (χ1v) is 7.40. The van der Waals surface area contributed by atoms with Crippen LogP contribution in [0.15, 0.2) is 65.7 Å². The number of thioether (sulfide) groups is 1. The van der Waals surface area contributed by atoms with Crippen molar-refractivity contribution in [3.05, 3.63) is 66.2 Å². The average molecular weight is 263 g/mol. The minimum atomic E-state index is 1.05. The Labute approximate surface area is 116 Å². The summed E-state index contributed by atoms with van der Waals surface area (Å²) in [4.78, 5) is 0. The highest BCUT2D eigenvalue weighted by Gasteiger charge is 2.19. The van der Waals surface area contributed by atoms with E-state index in [1.165, 1.54) is 27.2 Å². The molecule has 0 saturated carbocycles. The highest BCUT2D eigenvalue weighted by atomic mass is 32.2. The summed E-state index contributed by atoms with van der Waals surface area (Å²) in [6.07, 6.45) is 2.29. The monoisotopic (exact) mass is 263 g/mol. The molecule has 0 unspecified atom stereocenters. The van der Waals surface area contributed by atoms with Crippen LogP contribution in [-0.4, -0.2) is 10.3 Å². The van der Waals surface area contributed by atoms with Gasteiger partial charge in [-0.2, -0.15) is 0 Å². The lowest BCUT2D eigenvalue weighted by atomic mass is 10.2. The zero-order valence-electron chi connectivity index (χ0n) is 10.4. The first kappa shape index (κ1) is 10.9. The molecule has 0 aliphatic carbocycles. The van der Waals surface area contributed by atoms with Crippen molar-refractivity contribution in [1.82, 2.24) is 4.57 Å². The lowest BCUT2D eigenvalue weighted by Crippen LogP contribution is -1.92.